The fraction of sp³-hybridized carbons (Fsp3) is 0.438. The number of aromatic nitrogens is 2. The molecule has 122 valence electrons. The van der Waals surface area contributed by atoms with E-state index in [1.165, 1.54) is 6.08 Å². The van der Waals surface area contributed by atoms with Crippen LogP contribution in [0.15, 0.2) is 35.6 Å². The van der Waals surface area contributed by atoms with Crippen molar-refractivity contribution in [3.8, 4) is 0 Å². The van der Waals surface area contributed by atoms with E-state index < -0.39 is 6.09 Å². The van der Waals surface area contributed by atoms with Gasteiger partial charge in [0.1, 0.15) is 0 Å². The SMILES string of the molecule is O=C=NCCCCCCNC(=O)OCn1cnc2ccccc21. The predicted molar refractivity (Wildman–Crippen MR) is 85.7 cm³/mol. The van der Waals surface area contributed by atoms with Crippen molar-refractivity contribution in [3.63, 3.8) is 0 Å². The van der Waals surface area contributed by atoms with Crippen molar-refractivity contribution >= 4 is 23.2 Å². The second-order valence-electron chi connectivity index (χ2n) is 5.08. The number of unbranched alkanes of at least 4 members (excludes halogenated alkanes) is 3. The normalized spacial score (nSPS) is 10.3. The molecule has 0 unspecified atom stereocenters. The Morgan fingerprint density at radius 2 is 2.09 bits per heavy atom. The van der Waals surface area contributed by atoms with Gasteiger partial charge in [-0.2, -0.15) is 0 Å². The molecular weight excluding hydrogens is 296 g/mol. The summed E-state index contributed by atoms with van der Waals surface area (Å²) in [4.78, 5) is 29.2. The molecule has 0 aliphatic heterocycles. The number of aliphatic imine (C=N–C) groups is 1. The van der Waals surface area contributed by atoms with Gasteiger partial charge in [-0.1, -0.05) is 25.0 Å². The molecule has 1 amide bonds. The van der Waals surface area contributed by atoms with E-state index in [1.807, 2.05) is 24.3 Å². The van der Waals surface area contributed by atoms with Crippen LogP contribution in [0.5, 0.6) is 0 Å². The molecule has 7 heteroatoms. The lowest BCUT2D eigenvalue weighted by Gasteiger charge is -2.08. The van der Waals surface area contributed by atoms with E-state index in [0.29, 0.717) is 13.1 Å². The number of ether oxygens (including phenoxy) is 1. The topological polar surface area (TPSA) is 85.6 Å². The number of hydrogen-bond acceptors (Lipinski definition) is 5. The van der Waals surface area contributed by atoms with E-state index in [-0.39, 0.29) is 6.73 Å². The molecule has 0 saturated heterocycles. The molecule has 2 rings (SSSR count). The fourth-order valence-corrected chi connectivity index (χ4v) is 2.20. The molecule has 1 N–H and O–H groups in total. The number of benzene rings is 1. The second kappa shape index (κ2) is 9.38. The van der Waals surface area contributed by atoms with Gasteiger partial charge >= 0.3 is 6.09 Å². The number of isocyanates is 1. The molecule has 0 spiro atoms. The van der Waals surface area contributed by atoms with Crippen molar-refractivity contribution in [2.24, 2.45) is 4.99 Å². The van der Waals surface area contributed by atoms with E-state index in [2.05, 4.69) is 15.3 Å². The average molecular weight is 316 g/mol. The third kappa shape index (κ3) is 5.56. The quantitative estimate of drug-likeness (QED) is 0.438. The number of amides is 1. The smallest absolute Gasteiger partial charge is 0.408 e. The van der Waals surface area contributed by atoms with Gasteiger partial charge in [0.05, 0.1) is 23.9 Å². The summed E-state index contributed by atoms with van der Waals surface area (Å²) in [5, 5.41) is 2.71. The van der Waals surface area contributed by atoms with Crippen molar-refractivity contribution < 1.29 is 14.3 Å². The van der Waals surface area contributed by atoms with Crippen LogP contribution in [-0.4, -0.2) is 34.8 Å². The third-order valence-corrected chi connectivity index (χ3v) is 3.39. The van der Waals surface area contributed by atoms with Crippen LogP contribution < -0.4 is 5.32 Å². The van der Waals surface area contributed by atoms with Gasteiger partial charge in [0.15, 0.2) is 6.73 Å². The number of nitrogens with one attached hydrogen (secondary N) is 1. The minimum Gasteiger partial charge on any atom is -0.428 e. The van der Waals surface area contributed by atoms with Crippen LogP contribution in [0.4, 0.5) is 4.79 Å². The van der Waals surface area contributed by atoms with Gasteiger partial charge in [-0.15, -0.1) is 0 Å². The summed E-state index contributed by atoms with van der Waals surface area (Å²) in [6.07, 6.45) is 6.42. The van der Waals surface area contributed by atoms with E-state index in [1.54, 1.807) is 10.9 Å². The maximum atomic E-state index is 11.6. The highest BCUT2D eigenvalue weighted by Gasteiger charge is 2.04. The molecule has 0 saturated carbocycles. The number of nitrogens with zero attached hydrogens (tertiary/aromatic N) is 3. The molecule has 1 aromatic carbocycles. The average Bonchev–Trinajstić information content (AvgIpc) is 2.98. The number of fused-ring (bicyclic) bond motifs is 1. The lowest BCUT2D eigenvalue weighted by Crippen LogP contribution is -2.26. The van der Waals surface area contributed by atoms with Gasteiger partial charge in [-0.3, -0.25) is 4.57 Å². The molecule has 1 aromatic heterocycles. The molecule has 0 bridgehead atoms. The van der Waals surface area contributed by atoms with Crippen molar-refractivity contribution in [2.75, 3.05) is 13.1 Å². The molecular formula is C16H20N4O3. The second-order valence-corrected chi connectivity index (χ2v) is 5.08. The fourth-order valence-electron chi connectivity index (χ4n) is 2.20. The van der Waals surface area contributed by atoms with Gasteiger partial charge < -0.3 is 10.1 Å². The van der Waals surface area contributed by atoms with Crippen LogP contribution in [0.2, 0.25) is 0 Å². The molecule has 7 nitrogen and oxygen atoms in total. The summed E-state index contributed by atoms with van der Waals surface area (Å²) in [5.74, 6) is 0. The van der Waals surface area contributed by atoms with Gasteiger partial charge in [0, 0.05) is 6.54 Å². The zero-order valence-corrected chi connectivity index (χ0v) is 12.9. The molecule has 1 heterocycles. The summed E-state index contributed by atoms with van der Waals surface area (Å²) in [6.45, 7) is 1.23. The van der Waals surface area contributed by atoms with E-state index >= 15 is 0 Å². The highest BCUT2D eigenvalue weighted by atomic mass is 16.6. The Hall–Kier alpha value is -2.66. The number of carbonyl (C=O) groups excluding carboxylic acids is 2. The summed E-state index contributed by atoms with van der Waals surface area (Å²) in [7, 11) is 0. The highest BCUT2D eigenvalue weighted by molar-refractivity contribution is 5.75. The first-order valence-corrected chi connectivity index (χ1v) is 7.65. The summed E-state index contributed by atoms with van der Waals surface area (Å²) in [6, 6.07) is 7.67. The number of alkyl carbamates (subject to hydrolysis) is 1. The molecule has 2 aromatic rings. The molecule has 0 aliphatic rings. The molecule has 0 radical (unpaired) electrons. The Balaban J connectivity index is 1.59. The van der Waals surface area contributed by atoms with Gasteiger partial charge in [-0.25, -0.2) is 19.6 Å². The van der Waals surface area contributed by atoms with Crippen LogP contribution >= 0.6 is 0 Å². The molecule has 23 heavy (non-hydrogen) atoms. The van der Waals surface area contributed by atoms with Crippen molar-refractivity contribution in [3.05, 3.63) is 30.6 Å². The molecule has 0 aliphatic carbocycles. The number of para-hydroxylation sites is 2. The van der Waals surface area contributed by atoms with Crippen LogP contribution in [-0.2, 0) is 16.3 Å². The first kappa shape index (κ1) is 16.7. The van der Waals surface area contributed by atoms with Gasteiger partial charge in [0.2, 0.25) is 6.08 Å². The Labute approximate surface area is 134 Å². The summed E-state index contributed by atoms with van der Waals surface area (Å²) >= 11 is 0. The van der Waals surface area contributed by atoms with Gasteiger partial charge in [0.25, 0.3) is 0 Å². The number of carbonyl (C=O) groups is 1. The van der Waals surface area contributed by atoms with Crippen LogP contribution in [0.3, 0.4) is 0 Å². The third-order valence-electron chi connectivity index (χ3n) is 3.39. The molecule has 0 atom stereocenters. The summed E-state index contributed by atoms with van der Waals surface area (Å²) in [5.41, 5.74) is 1.80. The number of hydrogen-bond donors (Lipinski definition) is 1. The Bertz CT molecular complexity index is 677. The number of rotatable bonds is 9. The standard InChI is InChI=1S/C16H20N4O3/c21-12-17-9-5-1-2-6-10-18-16(22)23-13-20-11-19-14-7-3-4-8-15(14)20/h3-4,7-8,11H,1-2,5-6,9-10,13H2,(H,18,22). The lowest BCUT2D eigenvalue weighted by atomic mass is 10.2. The van der Waals surface area contributed by atoms with Crippen LogP contribution in [0, 0.1) is 0 Å². The Morgan fingerprint density at radius 3 is 2.96 bits per heavy atom. The number of imidazole rings is 1. The van der Waals surface area contributed by atoms with E-state index in [0.717, 1.165) is 36.7 Å². The predicted octanol–water partition coefficient (Wildman–Crippen LogP) is 2.62. The van der Waals surface area contributed by atoms with Crippen molar-refractivity contribution in [1.82, 2.24) is 14.9 Å². The molecule has 0 fully saturated rings. The largest absolute Gasteiger partial charge is 0.428 e. The lowest BCUT2D eigenvalue weighted by molar-refractivity contribution is 0.115. The van der Waals surface area contributed by atoms with Gasteiger partial charge in [-0.05, 0) is 25.0 Å². The van der Waals surface area contributed by atoms with Crippen molar-refractivity contribution in [1.29, 1.82) is 0 Å². The zero-order chi connectivity index (χ0) is 16.3. The minimum atomic E-state index is -0.437. The minimum absolute atomic E-state index is 0.135. The monoisotopic (exact) mass is 316 g/mol. The maximum absolute atomic E-state index is 11.6. The first-order chi connectivity index (χ1) is 11.3. The zero-order valence-electron chi connectivity index (χ0n) is 12.9. The maximum Gasteiger partial charge on any atom is 0.408 e. The Kier molecular flexibility index (Phi) is 6.81. The first-order valence-electron chi connectivity index (χ1n) is 7.65. The van der Waals surface area contributed by atoms with Crippen LogP contribution in [0.1, 0.15) is 25.7 Å². The highest BCUT2D eigenvalue weighted by Crippen LogP contribution is 2.11. The van der Waals surface area contributed by atoms with Crippen molar-refractivity contribution in [2.45, 2.75) is 32.4 Å². The Morgan fingerprint density at radius 1 is 1.26 bits per heavy atom. The summed E-state index contributed by atoms with van der Waals surface area (Å²) < 4.78 is 6.95. The van der Waals surface area contributed by atoms with E-state index in [4.69, 9.17) is 4.74 Å². The van der Waals surface area contributed by atoms with Crippen LogP contribution in [0.25, 0.3) is 11.0 Å². The van der Waals surface area contributed by atoms with E-state index in [9.17, 15) is 9.59 Å².